The van der Waals surface area contributed by atoms with Crippen molar-refractivity contribution in [3.63, 3.8) is 0 Å². The van der Waals surface area contributed by atoms with Gasteiger partial charge in [0.1, 0.15) is 28.8 Å². The van der Waals surface area contributed by atoms with Crippen LogP contribution in [0, 0.1) is 5.82 Å². The van der Waals surface area contributed by atoms with Crippen molar-refractivity contribution in [3.8, 4) is 11.4 Å². The summed E-state index contributed by atoms with van der Waals surface area (Å²) < 4.78 is 24.1. The number of piperidine rings is 1. The summed E-state index contributed by atoms with van der Waals surface area (Å²) in [6.45, 7) is 9.71. The Balaban J connectivity index is 1.13. The molecule has 0 radical (unpaired) electrons. The van der Waals surface area contributed by atoms with E-state index in [-0.39, 0.29) is 28.1 Å². The quantitative estimate of drug-likeness (QED) is 0.199. The minimum absolute atomic E-state index is 0.0926. The van der Waals surface area contributed by atoms with Gasteiger partial charge in [-0.15, -0.1) is 0 Å². The van der Waals surface area contributed by atoms with E-state index < -0.39 is 32.4 Å². The fraction of sp³-hybridized carbons (Fsp3) is 0.361. The number of benzene rings is 2. The molecule has 2 aromatic carbocycles. The highest BCUT2D eigenvalue weighted by Crippen LogP contribution is 2.34. The number of aromatic nitrogens is 3. The number of allylic oxidation sites excluding steroid dienone is 1. The third-order valence-corrected chi connectivity index (χ3v) is 12.0. The zero-order valence-electron chi connectivity index (χ0n) is 27.3. The number of amides is 1. The summed E-state index contributed by atoms with van der Waals surface area (Å²) in [5.41, 5.74) is 1.90. The Morgan fingerprint density at radius 1 is 1.06 bits per heavy atom. The van der Waals surface area contributed by atoms with Gasteiger partial charge in [-0.25, -0.2) is 9.37 Å². The van der Waals surface area contributed by atoms with Crippen LogP contribution >= 0.6 is 21.0 Å². The predicted octanol–water partition coefficient (Wildman–Crippen LogP) is 5.38. The smallest absolute Gasteiger partial charge is 0.282 e. The van der Waals surface area contributed by atoms with Gasteiger partial charge in [0, 0.05) is 48.7 Å². The van der Waals surface area contributed by atoms with Gasteiger partial charge in [-0.3, -0.25) is 17.6 Å². The SMILES string of the molecule is CN1I=C(c2cccc(-n3ncc4cc(C(C)(C)C)cc(F)c4c3=O)c2O)C=C(Nc2ccc(C3CCN(C4COC4)CC3)cn2)C1=O. The lowest BCUT2D eigenvalue weighted by Gasteiger charge is -2.41. The standard InChI is InChI=1S/C36H38FIN6O4/c1-36(2,3)24-14-23-18-40-44(35(47)32(23)27(37)15-24)30-7-5-6-26(33(30)45)28-16-29(34(46)42(4)38-28)41-31-9-8-22(17-39-31)21-10-12-43(13-11-21)25-19-48-20-25/h5-9,14-18,21,25,45H,10-13,19-20H2,1-4H3,(H,39,41). The van der Waals surface area contributed by atoms with Crippen molar-refractivity contribution in [2.75, 3.05) is 38.7 Å². The molecule has 0 saturated carbocycles. The number of likely N-dealkylation sites (N-methyl/N-ethyl adjacent to an activating group) is 1. The maximum Gasteiger partial charge on any atom is 0.282 e. The second-order valence-electron chi connectivity index (χ2n) is 13.6. The topological polar surface area (TPSA) is 113 Å². The maximum absolute atomic E-state index is 15.3. The van der Waals surface area contributed by atoms with Gasteiger partial charge in [0.2, 0.25) is 0 Å². The van der Waals surface area contributed by atoms with E-state index in [9.17, 15) is 14.7 Å². The number of phenolic OH excluding ortho intramolecular Hbond substituents is 1. The Morgan fingerprint density at radius 3 is 2.50 bits per heavy atom. The molecule has 0 unspecified atom stereocenters. The second kappa shape index (κ2) is 12.8. The maximum atomic E-state index is 15.3. The number of nitrogens with one attached hydrogen (secondary N) is 1. The van der Waals surface area contributed by atoms with Crippen LogP contribution in [0.25, 0.3) is 16.5 Å². The molecule has 3 aliphatic rings. The highest BCUT2D eigenvalue weighted by Gasteiger charge is 2.30. The zero-order chi connectivity index (χ0) is 33.7. The van der Waals surface area contributed by atoms with Crippen LogP contribution in [-0.2, 0) is 14.9 Å². The summed E-state index contributed by atoms with van der Waals surface area (Å²) in [6.07, 6.45) is 7.24. The first-order valence-corrected chi connectivity index (χ1v) is 18.1. The molecule has 0 aliphatic carbocycles. The number of aromatic hydroxyl groups is 1. The molecule has 12 heteroatoms. The third kappa shape index (κ3) is 6.16. The van der Waals surface area contributed by atoms with Crippen molar-refractivity contribution in [2.24, 2.45) is 0 Å². The number of rotatable bonds is 6. The van der Waals surface area contributed by atoms with Crippen LogP contribution in [0.4, 0.5) is 10.2 Å². The number of carbonyl (C=O) groups is 1. The molecule has 0 bridgehead atoms. The van der Waals surface area contributed by atoms with Crippen LogP contribution in [-0.4, -0.2) is 76.7 Å². The minimum atomic E-state index is -0.990. The molecule has 250 valence electrons. The number of likely N-dealkylation sites (tertiary alicyclic amines) is 1. The van der Waals surface area contributed by atoms with Gasteiger partial charge < -0.3 is 15.2 Å². The van der Waals surface area contributed by atoms with E-state index in [4.69, 9.17) is 4.74 Å². The van der Waals surface area contributed by atoms with E-state index in [1.54, 1.807) is 40.5 Å². The lowest BCUT2D eigenvalue weighted by atomic mass is 9.86. The van der Waals surface area contributed by atoms with Gasteiger partial charge in [0.25, 0.3) is 11.5 Å². The van der Waals surface area contributed by atoms with E-state index in [1.807, 2.05) is 33.0 Å². The first-order chi connectivity index (χ1) is 23.0. The number of nitrogens with zero attached hydrogens (tertiary/aromatic N) is 5. The molecular formula is C36H38FIN6O4. The van der Waals surface area contributed by atoms with Crippen LogP contribution in [0.2, 0.25) is 0 Å². The molecule has 7 rings (SSSR count). The van der Waals surface area contributed by atoms with Gasteiger partial charge in [0.05, 0.1) is 30.8 Å². The number of anilines is 1. The summed E-state index contributed by atoms with van der Waals surface area (Å²) >= 11 is -0.990. The Morgan fingerprint density at radius 2 is 1.83 bits per heavy atom. The number of para-hydroxylation sites is 1. The average molecular weight is 765 g/mol. The minimum Gasteiger partial charge on any atom is -0.505 e. The van der Waals surface area contributed by atoms with Crippen LogP contribution in [0.15, 0.2) is 71.4 Å². The van der Waals surface area contributed by atoms with E-state index in [2.05, 4.69) is 26.4 Å². The normalized spacial score (nSPS) is 18.3. The first kappa shape index (κ1) is 32.5. The Kier molecular flexibility index (Phi) is 8.67. The number of pyridine rings is 1. The van der Waals surface area contributed by atoms with Gasteiger partial charge >= 0.3 is 0 Å². The summed E-state index contributed by atoms with van der Waals surface area (Å²) in [7, 11) is 1.73. The van der Waals surface area contributed by atoms with Gasteiger partial charge in [0.15, 0.2) is 0 Å². The van der Waals surface area contributed by atoms with Crippen LogP contribution < -0.4 is 10.9 Å². The van der Waals surface area contributed by atoms with Crippen molar-refractivity contribution in [3.05, 3.63) is 99.5 Å². The number of halogens is 2. The van der Waals surface area contributed by atoms with E-state index in [0.29, 0.717) is 34.4 Å². The van der Waals surface area contributed by atoms with E-state index in [1.165, 1.54) is 17.8 Å². The molecule has 3 aliphatic heterocycles. The lowest BCUT2D eigenvalue weighted by molar-refractivity contribution is -0.120. The van der Waals surface area contributed by atoms with E-state index >= 15 is 4.39 Å². The van der Waals surface area contributed by atoms with Crippen LogP contribution in [0.5, 0.6) is 5.75 Å². The van der Waals surface area contributed by atoms with Crippen molar-refractivity contribution < 1.29 is 19.0 Å². The number of hydrogen-bond donors (Lipinski definition) is 2. The molecular weight excluding hydrogens is 726 g/mol. The molecule has 5 heterocycles. The summed E-state index contributed by atoms with van der Waals surface area (Å²) in [6, 6.07) is 12.7. The number of carbonyl (C=O) groups excluding carboxylic acids is 1. The monoisotopic (exact) mass is 764 g/mol. The number of hydrogen-bond acceptors (Lipinski definition) is 8. The number of ether oxygens (including phenoxy) is 1. The van der Waals surface area contributed by atoms with Crippen molar-refractivity contribution in [1.29, 1.82) is 0 Å². The summed E-state index contributed by atoms with van der Waals surface area (Å²) in [5, 5.41) is 19.3. The highest BCUT2D eigenvalue weighted by molar-refractivity contribution is 14.2. The number of fused-ring (bicyclic) bond motifs is 1. The molecule has 2 aromatic heterocycles. The zero-order valence-corrected chi connectivity index (χ0v) is 29.5. The molecule has 4 aromatic rings. The van der Waals surface area contributed by atoms with Gasteiger partial charge in [-0.2, -0.15) is 9.78 Å². The Labute approximate surface area is 288 Å². The third-order valence-electron chi connectivity index (χ3n) is 9.39. The summed E-state index contributed by atoms with van der Waals surface area (Å²) in [4.78, 5) is 33.9. The fourth-order valence-corrected chi connectivity index (χ4v) is 8.79. The second-order valence-corrected chi connectivity index (χ2v) is 16.7. The Bertz CT molecular complexity index is 2030. The molecule has 1 amide bonds. The van der Waals surface area contributed by atoms with Gasteiger partial charge in [-0.1, -0.05) is 32.9 Å². The van der Waals surface area contributed by atoms with Crippen LogP contribution in [0.1, 0.15) is 56.2 Å². The lowest BCUT2D eigenvalue weighted by Crippen LogP contribution is -2.51. The molecule has 2 fully saturated rings. The van der Waals surface area contributed by atoms with E-state index in [0.717, 1.165) is 52.9 Å². The molecule has 48 heavy (non-hydrogen) atoms. The molecule has 2 saturated heterocycles. The van der Waals surface area contributed by atoms with Crippen LogP contribution in [0.3, 0.4) is 0 Å². The van der Waals surface area contributed by atoms with Crippen molar-refractivity contribution >= 4 is 47.0 Å². The fourth-order valence-electron chi connectivity index (χ4n) is 6.39. The largest absolute Gasteiger partial charge is 0.505 e. The van der Waals surface area contributed by atoms with Crippen molar-refractivity contribution in [1.82, 2.24) is 22.8 Å². The molecule has 2 N–H and O–H groups in total. The molecule has 0 spiro atoms. The Hall–Kier alpha value is -4.01. The first-order valence-electron chi connectivity index (χ1n) is 16.1. The average Bonchev–Trinajstić information content (AvgIpc) is 3.03. The highest BCUT2D eigenvalue weighted by atomic mass is 127. The predicted molar refractivity (Wildman–Crippen MR) is 193 cm³/mol. The molecule has 0 atom stereocenters. The number of phenols is 1. The van der Waals surface area contributed by atoms with Crippen molar-refractivity contribution in [2.45, 2.75) is 51.0 Å². The molecule has 10 nitrogen and oxygen atoms in total. The van der Waals surface area contributed by atoms with Gasteiger partial charge in [-0.05, 0) is 84.8 Å². The summed E-state index contributed by atoms with van der Waals surface area (Å²) in [5.74, 6) is 0.0267.